The summed E-state index contributed by atoms with van der Waals surface area (Å²) in [4.78, 5) is 29.6. The van der Waals surface area contributed by atoms with Crippen LogP contribution in [0.5, 0.6) is 0 Å². The van der Waals surface area contributed by atoms with Gasteiger partial charge in [-0.2, -0.15) is 0 Å². The number of unbranched alkanes of at least 4 members (excludes halogenated alkanes) is 2. The van der Waals surface area contributed by atoms with Crippen molar-refractivity contribution in [2.24, 2.45) is 5.73 Å². The zero-order chi connectivity index (χ0) is 15.7. The van der Waals surface area contributed by atoms with Gasteiger partial charge in [-0.3, -0.25) is 14.5 Å². The number of carbonyl (C=O) groups excluding carboxylic acids is 2. The molecule has 0 aromatic heterocycles. The summed E-state index contributed by atoms with van der Waals surface area (Å²) >= 11 is 0. The van der Waals surface area contributed by atoms with Gasteiger partial charge in [0.15, 0.2) is 0 Å². The number of hydrogen-bond donors (Lipinski definition) is 1. The molecule has 0 aromatic rings. The van der Waals surface area contributed by atoms with E-state index in [4.69, 9.17) is 5.73 Å². The van der Waals surface area contributed by atoms with Gasteiger partial charge in [-0.05, 0) is 25.8 Å². The van der Waals surface area contributed by atoms with Crippen LogP contribution in [0.1, 0.15) is 32.1 Å². The molecule has 0 spiro atoms. The van der Waals surface area contributed by atoms with Crippen LogP contribution in [-0.2, 0) is 9.59 Å². The van der Waals surface area contributed by atoms with Gasteiger partial charge in [0.2, 0.25) is 11.8 Å². The van der Waals surface area contributed by atoms with Gasteiger partial charge < -0.3 is 15.5 Å². The Labute approximate surface area is 128 Å². The Hall–Kier alpha value is -1.14. The second kappa shape index (κ2) is 9.73. The van der Waals surface area contributed by atoms with Crippen LogP contribution in [0.4, 0.5) is 0 Å². The van der Waals surface area contributed by atoms with E-state index >= 15 is 0 Å². The van der Waals surface area contributed by atoms with Gasteiger partial charge in [0, 0.05) is 46.7 Å². The highest BCUT2D eigenvalue weighted by Gasteiger charge is 2.20. The summed E-state index contributed by atoms with van der Waals surface area (Å²) in [6, 6.07) is 0. The minimum Gasteiger partial charge on any atom is -0.348 e. The second-order valence-corrected chi connectivity index (χ2v) is 5.90. The molecule has 0 aliphatic carbocycles. The SMILES string of the molecule is CN(C)C(=O)CN1CCCN(C(=O)CCCCCN)CC1. The van der Waals surface area contributed by atoms with Crippen LogP contribution < -0.4 is 5.73 Å². The molecule has 1 saturated heterocycles. The van der Waals surface area contributed by atoms with Gasteiger partial charge >= 0.3 is 0 Å². The van der Waals surface area contributed by atoms with Crippen molar-refractivity contribution in [1.82, 2.24) is 14.7 Å². The van der Waals surface area contributed by atoms with E-state index in [1.165, 1.54) is 0 Å². The lowest BCUT2D eigenvalue weighted by Gasteiger charge is -2.22. The minimum absolute atomic E-state index is 0.122. The third-order valence-corrected chi connectivity index (χ3v) is 3.89. The maximum atomic E-state index is 12.2. The lowest BCUT2D eigenvalue weighted by atomic mass is 10.2. The standard InChI is InChI=1S/C15H30N4O2/c1-17(2)15(21)13-18-9-6-10-19(12-11-18)14(20)7-4-3-5-8-16/h3-13,16H2,1-2H3. The molecule has 21 heavy (non-hydrogen) atoms. The predicted molar refractivity (Wildman–Crippen MR) is 83.9 cm³/mol. The molecule has 1 rings (SSSR count). The van der Waals surface area contributed by atoms with Crippen LogP contribution in [0, 0.1) is 0 Å². The molecule has 122 valence electrons. The van der Waals surface area contributed by atoms with Crippen molar-refractivity contribution in [1.29, 1.82) is 0 Å². The molecule has 2 N–H and O–H groups in total. The normalized spacial score (nSPS) is 16.6. The van der Waals surface area contributed by atoms with Gasteiger partial charge in [-0.25, -0.2) is 0 Å². The quantitative estimate of drug-likeness (QED) is 0.678. The van der Waals surface area contributed by atoms with Gasteiger partial charge in [-0.1, -0.05) is 6.42 Å². The molecule has 0 atom stereocenters. The number of rotatable bonds is 7. The molecule has 0 unspecified atom stereocenters. The van der Waals surface area contributed by atoms with Crippen LogP contribution in [-0.4, -0.2) is 79.9 Å². The van der Waals surface area contributed by atoms with Crippen molar-refractivity contribution in [3.05, 3.63) is 0 Å². The first-order chi connectivity index (χ1) is 10.0. The van der Waals surface area contributed by atoms with E-state index in [0.717, 1.165) is 51.9 Å². The fraction of sp³-hybridized carbons (Fsp3) is 0.867. The summed E-state index contributed by atoms with van der Waals surface area (Å²) < 4.78 is 0. The lowest BCUT2D eigenvalue weighted by molar-refractivity contribution is -0.131. The monoisotopic (exact) mass is 298 g/mol. The molecule has 6 nitrogen and oxygen atoms in total. The Balaban J connectivity index is 2.31. The largest absolute Gasteiger partial charge is 0.348 e. The van der Waals surface area contributed by atoms with Crippen LogP contribution >= 0.6 is 0 Å². The average Bonchev–Trinajstić information content (AvgIpc) is 2.69. The Morgan fingerprint density at radius 1 is 1.05 bits per heavy atom. The molecule has 1 aliphatic rings. The molecule has 0 bridgehead atoms. The van der Waals surface area contributed by atoms with Crippen molar-refractivity contribution in [2.45, 2.75) is 32.1 Å². The average molecular weight is 298 g/mol. The van der Waals surface area contributed by atoms with Crippen LogP contribution in [0.25, 0.3) is 0 Å². The predicted octanol–water partition coefficient (Wildman–Crippen LogP) is 0.128. The molecular formula is C15H30N4O2. The van der Waals surface area contributed by atoms with E-state index in [-0.39, 0.29) is 11.8 Å². The molecule has 1 aliphatic heterocycles. The summed E-state index contributed by atoms with van der Waals surface area (Å²) in [6.45, 7) is 4.36. The number of carbonyl (C=O) groups is 2. The van der Waals surface area contributed by atoms with Gasteiger partial charge in [-0.15, -0.1) is 0 Å². The van der Waals surface area contributed by atoms with Crippen molar-refractivity contribution >= 4 is 11.8 Å². The number of hydrogen-bond acceptors (Lipinski definition) is 4. The van der Waals surface area contributed by atoms with Crippen molar-refractivity contribution in [2.75, 3.05) is 53.4 Å². The Morgan fingerprint density at radius 2 is 1.81 bits per heavy atom. The van der Waals surface area contributed by atoms with Gasteiger partial charge in [0.05, 0.1) is 6.54 Å². The first-order valence-electron chi connectivity index (χ1n) is 7.95. The molecule has 0 radical (unpaired) electrons. The number of nitrogens with two attached hydrogens (primary N) is 1. The van der Waals surface area contributed by atoms with Crippen molar-refractivity contribution in [3.8, 4) is 0 Å². The van der Waals surface area contributed by atoms with E-state index in [1.807, 2.05) is 4.90 Å². The molecule has 6 heteroatoms. The highest BCUT2D eigenvalue weighted by molar-refractivity contribution is 5.78. The van der Waals surface area contributed by atoms with Crippen LogP contribution in [0.15, 0.2) is 0 Å². The Morgan fingerprint density at radius 3 is 2.48 bits per heavy atom. The summed E-state index contributed by atoms with van der Waals surface area (Å²) in [5.74, 6) is 0.365. The molecule has 1 heterocycles. The summed E-state index contributed by atoms with van der Waals surface area (Å²) in [6.07, 6.45) is 4.51. The first-order valence-corrected chi connectivity index (χ1v) is 7.95. The fourth-order valence-corrected chi connectivity index (χ4v) is 2.47. The molecule has 0 saturated carbocycles. The van der Waals surface area contributed by atoms with E-state index in [0.29, 0.717) is 19.5 Å². The second-order valence-electron chi connectivity index (χ2n) is 5.90. The van der Waals surface area contributed by atoms with E-state index in [1.54, 1.807) is 19.0 Å². The molecule has 2 amide bonds. The summed E-state index contributed by atoms with van der Waals surface area (Å²) in [5, 5.41) is 0. The third kappa shape index (κ3) is 6.91. The number of likely N-dealkylation sites (N-methyl/N-ethyl adjacent to an activating group) is 1. The van der Waals surface area contributed by atoms with E-state index in [2.05, 4.69) is 4.90 Å². The Bertz CT molecular complexity index is 334. The van der Waals surface area contributed by atoms with Crippen LogP contribution in [0.3, 0.4) is 0 Å². The zero-order valence-corrected chi connectivity index (χ0v) is 13.5. The Kier molecular flexibility index (Phi) is 8.30. The van der Waals surface area contributed by atoms with Crippen molar-refractivity contribution in [3.63, 3.8) is 0 Å². The number of amides is 2. The van der Waals surface area contributed by atoms with Crippen molar-refractivity contribution < 1.29 is 9.59 Å². The van der Waals surface area contributed by atoms with Crippen LogP contribution in [0.2, 0.25) is 0 Å². The smallest absolute Gasteiger partial charge is 0.236 e. The van der Waals surface area contributed by atoms with E-state index < -0.39 is 0 Å². The summed E-state index contributed by atoms with van der Waals surface area (Å²) in [7, 11) is 3.55. The van der Waals surface area contributed by atoms with E-state index in [9.17, 15) is 9.59 Å². The van der Waals surface area contributed by atoms with Gasteiger partial charge in [0.1, 0.15) is 0 Å². The zero-order valence-electron chi connectivity index (χ0n) is 13.5. The summed E-state index contributed by atoms with van der Waals surface area (Å²) in [5.41, 5.74) is 5.45. The highest BCUT2D eigenvalue weighted by Crippen LogP contribution is 2.08. The molecule has 0 aromatic carbocycles. The minimum atomic E-state index is 0.122. The third-order valence-electron chi connectivity index (χ3n) is 3.89. The lowest BCUT2D eigenvalue weighted by Crippen LogP contribution is -2.39. The number of nitrogens with zero attached hydrogens (tertiary/aromatic N) is 3. The topological polar surface area (TPSA) is 69.9 Å². The van der Waals surface area contributed by atoms with Gasteiger partial charge in [0.25, 0.3) is 0 Å². The highest BCUT2D eigenvalue weighted by atomic mass is 16.2. The first kappa shape index (κ1) is 17.9. The molecule has 1 fully saturated rings. The maximum absolute atomic E-state index is 12.2. The maximum Gasteiger partial charge on any atom is 0.236 e. The fourth-order valence-electron chi connectivity index (χ4n) is 2.47. The molecular weight excluding hydrogens is 268 g/mol.